The Morgan fingerprint density at radius 2 is 0.891 bits per heavy atom. The van der Waals surface area contributed by atoms with Crippen LogP contribution in [0.15, 0.2) is 146 Å². The molecule has 6 aromatic heterocycles. The fourth-order valence-electron chi connectivity index (χ4n) is 8.84. The normalized spacial score (nSPS) is 12.9. The maximum atomic E-state index is 13.7. The van der Waals surface area contributed by atoms with Gasteiger partial charge in [-0.3, -0.25) is 9.80 Å². The number of nitrogens with one attached hydrogen (secondary N) is 1. The second-order valence-electron chi connectivity index (χ2n) is 29.2. The monoisotopic (exact) mass is 1430 g/mol. The standard InChI is InChI=1S/C29H40FN3O4Si.C20H21N3O3.C18H18FN3O2.C9H21FO2Si/c1-28(2,3)36-27(34)33(7)26-15-11-21(18-31-26)25-13-10-20-16-22(12-14-24(20)32-25)35-19-23(17-30)37-38(8,9)29(4,5)6;1-20(2,3)26-19(25)23(4)18-10-6-14(12-21-18)17-8-5-13-11-15(24)7-9-16(13)22-17;1-20-18-7-3-13(10-21-18)17-5-2-12-8-15(4-6-16(12)22-17)24-11-14(23)9-19;1-9(2,3)13(4,5)12-8(6-10)7-11/h10-16,18,23H,17,19H2,1-9H3;5-12,24H,1-4H3;2-8,10,14,23H,9,11H2,1H3,(H,20,21);8,11H,6-7H2,1-5H3/t23-;;14-;8-/m1.11/s1. The van der Waals surface area contributed by atoms with Crippen LogP contribution in [0.2, 0.25) is 36.3 Å². The Balaban J connectivity index is 0.000000224. The molecule has 3 atom stereocenters. The molecule has 0 aliphatic rings. The summed E-state index contributed by atoms with van der Waals surface area (Å²) in [5.41, 5.74) is 6.20. The molecule has 4 N–H and O–H groups in total. The predicted molar refractivity (Wildman–Crippen MR) is 402 cm³/mol. The van der Waals surface area contributed by atoms with Crippen LogP contribution in [0.1, 0.15) is 83.1 Å². The number of nitrogens with zero attached hydrogens (tertiary/aromatic N) is 8. The van der Waals surface area contributed by atoms with Gasteiger partial charge in [-0.2, -0.15) is 0 Å². The summed E-state index contributed by atoms with van der Waals surface area (Å²) in [6.07, 6.45) is 1.86. The van der Waals surface area contributed by atoms with Crippen molar-refractivity contribution in [3.05, 3.63) is 146 Å². The lowest BCUT2D eigenvalue weighted by molar-refractivity contribution is 0.0577. The van der Waals surface area contributed by atoms with Crippen molar-refractivity contribution >= 4 is 79.0 Å². The Bertz CT molecular complexity index is 4150. The number of hydrogen-bond donors (Lipinski definition) is 4. The lowest BCUT2D eigenvalue weighted by atomic mass is 10.1. The van der Waals surface area contributed by atoms with Crippen LogP contribution in [0.5, 0.6) is 17.2 Å². The Labute approximate surface area is 593 Å². The Morgan fingerprint density at radius 1 is 0.505 bits per heavy atom. The molecule has 0 unspecified atom stereocenters. The van der Waals surface area contributed by atoms with Gasteiger partial charge in [0.15, 0.2) is 16.6 Å². The van der Waals surface area contributed by atoms with E-state index >= 15 is 0 Å². The summed E-state index contributed by atoms with van der Waals surface area (Å²) in [4.78, 5) is 54.2. The summed E-state index contributed by atoms with van der Waals surface area (Å²) in [6, 6.07) is 38.7. The van der Waals surface area contributed by atoms with Crippen LogP contribution >= 0.6 is 0 Å². The molecule has 0 aliphatic carbocycles. The van der Waals surface area contributed by atoms with E-state index in [0.29, 0.717) is 23.1 Å². The highest BCUT2D eigenvalue weighted by molar-refractivity contribution is 6.74. The number of aliphatic hydroxyl groups is 2. The lowest BCUT2D eigenvalue weighted by Gasteiger charge is -2.38. The molecule has 3 aromatic carbocycles. The first kappa shape index (κ1) is 81.1. The SMILES string of the molecule is CC(C)(C)[Si](C)(C)O[C@@H](CO)CF.CN(C(=O)OC(C)(C)C)c1ccc(-c2ccc3cc(O)ccc3n2)cn1.CN(C(=O)OC(C)(C)C)c1ccc(-c2ccc3cc(OC[C@@H](CF)O[Si](C)(C)C(C)(C)C)ccc3n2)cn1.CNc1ccc(-c2ccc3cc(OC[C@H](O)CF)ccc3n2)cn1. The molecule has 0 saturated carbocycles. The number of anilines is 3. The van der Waals surface area contributed by atoms with Crippen molar-refractivity contribution in [3.8, 4) is 51.0 Å². The van der Waals surface area contributed by atoms with E-state index in [2.05, 4.69) is 84.9 Å². The Kier molecular flexibility index (Phi) is 28.2. The lowest BCUT2D eigenvalue weighted by Crippen LogP contribution is -2.46. The van der Waals surface area contributed by atoms with E-state index < -0.39 is 78.4 Å². The minimum absolute atomic E-state index is 0.00337. The van der Waals surface area contributed by atoms with E-state index in [1.54, 1.807) is 69.1 Å². The molecule has 6 heterocycles. The predicted octanol–water partition coefficient (Wildman–Crippen LogP) is 17.2. The zero-order valence-corrected chi connectivity index (χ0v) is 63.7. The van der Waals surface area contributed by atoms with E-state index in [0.717, 1.165) is 72.3 Å². The average Bonchev–Trinajstić information content (AvgIpc) is 0.854. The number of carbonyl (C=O) groups is 2. The summed E-state index contributed by atoms with van der Waals surface area (Å²) >= 11 is 0. The van der Waals surface area contributed by atoms with Gasteiger partial charge in [-0.15, -0.1) is 0 Å². The molecule has 25 heteroatoms. The van der Waals surface area contributed by atoms with E-state index in [-0.39, 0.29) is 35.6 Å². The number of aliphatic hydroxyl groups excluding tert-OH is 2. The number of fused-ring (bicyclic) bond motifs is 3. The van der Waals surface area contributed by atoms with Crippen molar-refractivity contribution < 1.29 is 65.9 Å². The van der Waals surface area contributed by atoms with Crippen molar-refractivity contribution in [1.82, 2.24) is 29.9 Å². The van der Waals surface area contributed by atoms with Gasteiger partial charge in [0.1, 0.15) is 91.3 Å². The third-order valence-electron chi connectivity index (χ3n) is 16.6. The van der Waals surface area contributed by atoms with Gasteiger partial charge >= 0.3 is 12.2 Å². The number of aromatic hydroxyl groups is 1. The number of alkyl halides is 3. The summed E-state index contributed by atoms with van der Waals surface area (Å²) in [7, 11) is 1.06. The van der Waals surface area contributed by atoms with Gasteiger partial charge in [0.25, 0.3) is 0 Å². The maximum absolute atomic E-state index is 13.7. The molecule has 9 rings (SSSR count). The number of carbonyl (C=O) groups excluding carboxylic acids is 2. The molecule has 20 nitrogen and oxygen atoms in total. The molecule has 0 radical (unpaired) electrons. The maximum Gasteiger partial charge on any atom is 0.415 e. The number of hydrogen-bond acceptors (Lipinski definition) is 18. The number of pyridine rings is 6. The first-order chi connectivity index (χ1) is 47.3. The van der Waals surface area contributed by atoms with Crippen molar-refractivity contribution in [2.45, 2.75) is 149 Å². The number of ether oxygens (including phenoxy) is 4. The van der Waals surface area contributed by atoms with E-state index in [9.17, 15) is 33.0 Å². The zero-order chi connectivity index (χ0) is 74.8. The second-order valence-corrected chi connectivity index (χ2v) is 38.7. The van der Waals surface area contributed by atoms with Crippen LogP contribution in [0, 0.1) is 0 Å². The quantitative estimate of drug-likeness (QED) is 0.0518. The van der Waals surface area contributed by atoms with Gasteiger partial charge in [0.05, 0.1) is 46.3 Å². The average molecular weight is 1430 g/mol. The molecule has 544 valence electrons. The molecule has 9 aromatic rings. The van der Waals surface area contributed by atoms with Crippen molar-refractivity contribution in [3.63, 3.8) is 0 Å². The van der Waals surface area contributed by atoms with Crippen LogP contribution in [-0.4, -0.2) is 165 Å². The van der Waals surface area contributed by atoms with E-state index in [1.807, 2.05) is 153 Å². The smallest absolute Gasteiger partial charge is 0.415 e. The third kappa shape index (κ3) is 24.2. The van der Waals surface area contributed by atoms with Crippen molar-refractivity contribution in [2.75, 3.05) is 76.1 Å². The molecule has 101 heavy (non-hydrogen) atoms. The van der Waals surface area contributed by atoms with Crippen LogP contribution in [0.25, 0.3) is 66.5 Å². The molecule has 0 fully saturated rings. The molecule has 0 saturated heterocycles. The molecule has 0 aliphatic heterocycles. The molecular weight excluding hydrogens is 1330 g/mol. The fraction of sp³-hybridized carbons (Fsp3) is 0.421. The first-order valence-corrected chi connectivity index (χ1v) is 39.1. The third-order valence-corrected chi connectivity index (χ3v) is 25.6. The van der Waals surface area contributed by atoms with Crippen molar-refractivity contribution in [1.29, 1.82) is 0 Å². The van der Waals surface area contributed by atoms with Gasteiger partial charge < -0.3 is 48.4 Å². The molecule has 0 bridgehead atoms. The highest BCUT2D eigenvalue weighted by atomic mass is 28.4. The largest absolute Gasteiger partial charge is 0.508 e. The highest BCUT2D eigenvalue weighted by Gasteiger charge is 2.40. The highest BCUT2D eigenvalue weighted by Crippen LogP contribution is 2.39. The van der Waals surface area contributed by atoms with Gasteiger partial charge in [-0.25, -0.2) is 52.7 Å². The van der Waals surface area contributed by atoms with Crippen molar-refractivity contribution in [2.24, 2.45) is 0 Å². The molecular formula is C76H100F3N9O11Si2. The van der Waals surface area contributed by atoms with Gasteiger partial charge in [-0.1, -0.05) is 59.7 Å². The Morgan fingerprint density at radius 3 is 1.24 bits per heavy atom. The number of amides is 2. The van der Waals surface area contributed by atoms with E-state index in [1.165, 1.54) is 9.80 Å². The summed E-state index contributed by atoms with van der Waals surface area (Å²) in [6.45, 7) is 29.7. The zero-order valence-electron chi connectivity index (χ0n) is 61.7. The van der Waals surface area contributed by atoms with Gasteiger partial charge in [0.2, 0.25) is 0 Å². The van der Waals surface area contributed by atoms with Crippen LogP contribution < -0.4 is 24.6 Å². The van der Waals surface area contributed by atoms with Gasteiger partial charge in [-0.05, 0) is 187 Å². The van der Waals surface area contributed by atoms with E-state index in [4.69, 9.17) is 37.9 Å². The minimum atomic E-state index is -2.10. The summed E-state index contributed by atoms with van der Waals surface area (Å²) in [5, 5.41) is 33.3. The van der Waals surface area contributed by atoms with Gasteiger partial charge in [0, 0.05) is 72.6 Å². The number of phenols is 1. The number of rotatable bonds is 20. The molecule has 2 amide bonds. The number of aromatic nitrogens is 6. The topological polar surface area (TPSA) is 246 Å². The number of phenolic OH excluding ortho intramolecular Hbond substituents is 1. The fourth-order valence-corrected chi connectivity index (χ4v) is 11.5. The summed E-state index contributed by atoms with van der Waals surface area (Å²) < 4.78 is 72.1. The second kappa shape index (κ2) is 35.2. The van der Waals surface area contributed by atoms with Crippen LogP contribution in [0.3, 0.4) is 0 Å². The Hall–Kier alpha value is -8.86. The number of halogens is 3. The summed E-state index contributed by atoms with van der Waals surface area (Å²) in [5.74, 6) is 3.20. The van der Waals surface area contributed by atoms with Crippen LogP contribution in [-0.2, 0) is 18.3 Å². The minimum Gasteiger partial charge on any atom is -0.508 e. The number of benzene rings is 3. The van der Waals surface area contributed by atoms with Crippen LogP contribution in [0.4, 0.5) is 40.2 Å². The molecule has 0 spiro atoms. The first-order valence-electron chi connectivity index (χ1n) is 33.3.